The smallest absolute Gasteiger partial charge is 0.240 e. The zero-order valence-electron chi connectivity index (χ0n) is 15.1. The average molecular weight is 371 g/mol. The summed E-state index contributed by atoms with van der Waals surface area (Å²) >= 11 is 5.87. The molecule has 0 aliphatic heterocycles. The lowest BCUT2D eigenvalue weighted by atomic mass is 10.0. The Morgan fingerprint density at radius 1 is 0.923 bits per heavy atom. The SMILES string of the molecule is CCc1cccc(CC)c1NC(=O)C1(C(=O)Nc2ccc(Cl)cc2)CC1. The fourth-order valence-corrected chi connectivity index (χ4v) is 3.23. The Morgan fingerprint density at radius 3 is 1.96 bits per heavy atom. The largest absolute Gasteiger partial charge is 0.325 e. The molecule has 4 nitrogen and oxygen atoms in total. The van der Waals surface area contributed by atoms with Gasteiger partial charge in [-0.05, 0) is 61.1 Å². The second-order valence-corrected chi connectivity index (χ2v) is 7.09. The number of aryl methyl sites for hydroxylation is 2. The minimum atomic E-state index is -0.981. The van der Waals surface area contributed by atoms with Crippen LogP contribution in [-0.2, 0) is 22.4 Å². The van der Waals surface area contributed by atoms with Crippen molar-refractivity contribution in [2.75, 3.05) is 10.6 Å². The second kappa shape index (κ2) is 7.50. The molecule has 0 heterocycles. The molecule has 0 atom stereocenters. The number of para-hydroxylation sites is 1. The molecule has 0 unspecified atom stereocenters. The van der Waals surface area contributed by atoms with Crippen LogP contribution in [0.1, 0.15) is 37.8 Å². The van der Waals surface area contributed by atoms with Gasteiger partial charge >= 0.3 is 0 Å². The fraction of sp³-hybridized carbons (Fsp3) is 0.333. The average Bonchev–Trinajstić information content (AvgIpc) is 3.46. The van der Waals surface area contributed by atoms with E-state index >= 15 is 0 Å². The standard InChI is InChI=1S/C21H23ClN2O2/c1-3-14-6-5-7-15(4-2)18(14)24-20(26)21(12-13-21)19(25)23-17-10-8-16(22)9-11-17/h5-11H,3-4,12-13H2,1-2H3,(H,23,25)(H,24,26). The van der Waals surface area contributed by atoms with Gasteiger partial charge in [0.2, 0.25) is 11.8 Å². The topological polar surface area (TPSA) is 58.2 Å². The predicted molar refractivity (Wildman–Crippen MR) is 106 cm³/mol. The van der Waals surface area contributed by atoms with Crippen LogP contribution >= 0.6 is 11.6 Å². The molecule has 1 fully saturated rings. The normalized spacial score (nSPS) is 14.6. The van der Waals surface area contributed by atoms with E-state index in [0.29, 0.717) is 23.6 Å². The molecule has 5 heteroatoms. The second-order valence-electron chi connectivity index (χ2n) is 6.66. The number of halogens is 1. The summed E-state index contributed by atoms with van der Waals surface area (Å²) < 4.78 is 0. The molecule has 0 bridgehead atoms. The first-order valence-electron chi connectivity index (χ1n) is 8.99. The van der Waals surface area contributed by atoms with Crippen molar-refractivity contribution in [3.63, 3.8) is 0 Å². The lowest BCUT2D eigenvalue weighted by molar-refractivity contribution is -0.131. The van der Waals surface area contributed by atoms with Crippen LogP contribution in [0, 0.1) is 5.41 Å². The van der Waals surface area contributed by atoms with Gasteiger partial charge in [0, 0.05) is 16.4 Å². The first kappa shape index (κ1) is 18.5. The van der Waals surface area contributed by atoms with Gasteiger partial charge in [0.25, 0.3) is 0 Å². The molecule has 3 rings (SSSR count). The maximum absolute atomic E-state index is 12.9. The number of carbonyl (C=O) groups is 2. The summed E-state index contributed by atoms with van der Waals surface area (Å²) in [4.78, 5) is 25.6. The van der Waals surface area contributed by atoms with Gasteiger partial charge in [-0.3, -0.25) is 9.59 Å². The first-order valence-corrected chi connectivity index (χ1v) is 9.37. The molecule has 2 N–H and O–H groups in total. The summed E-state index contributed by atoms with van der Waals surface area (Å²) in [6.45, 7) is 4.12. The molecule has 1 aliphatic rings. The van der Waals surface area contributed by atoms with Gasteiger partial charge in [0.15, 0.2) is 0 Å². The highest BCUT2D eigenvalue weighted by molar-refractivity contribution is 6.30. The Kier molecular flexibility index (Phi) is 5.33. The van der Waals surface area contributed by atoms with Crippen molar-refractivity contribution in [1.29, 1.82) is 0 Å². The van der Waals surface area contributed by atoms with Crippen molar-refractivity contribution in [2.45, 2.75) is 39.5 Å². The van der Waals surface area contributed by atoms with Crippen molar-refractivity contribution in [3.05, 3.63) is 58.6 Å². The van der Waals surface area contributed by atoms with Crippen LogP contribution in [-0.4, -0.2) is 11.8 Å². The van der Waals surface area contributed by atoms with Crippen LogP contribution in [0.5, 0.6) is 0 Å². The minimum Gasteiger partial charge on any atom is -0.325 e. The van der Waals surface area contributed by atoms with Crippen molar-refractivity contribution in [3.8, 4) is 0 Å². The van der Waals surface area contributed by atoms with Crippen LogP contribution in [0.15, 0.2) is 42.5 Å². The van der Waals surface area contributed by atoms with Crippen molar-refractivity contribution in [1.82, 2.24) is 0 Å². The molecule has 1 aliphatic carbocycles. The van der Waals surface area contributed by atoms with E-state index in [1.54, 1.807) is 24.3 Å². The van der Waals surface area contributed by atoms with Crippen LogP contribution in [0.2, 0.25) is 5.02 Å². The maximum Gasteiger partial charge on any atom is 0.240 e. The molecule has 2 aromatic carbocycles. The fourth-order valence-electron chi connectivity index (χ4n) is 3.10. The summed E-state index contributed by atoms with van der Waals surface area (Å²) in [6, 6.07) is 12.9. The number of rotatable bonds is 6. The number of anilines is 2. The summed E-state index contributed by atoms with van der Waals surface area (Å²) in [7, 11) is 0. The van der Waals surface area contributed by atoms with E-state index < -0.39 is 5.41 Å². The van der Waals surface area contributed by atoms with Gasteiger partial charge in [0.05, 0.1) is 0 Å². The predicted octanol–water partition coefficient (Wildman–Crippen LogP) is 4.82. The van der Waals surface area contributed by atoms with Gasteiger partial charge < -0.3 is 10.6 Å². The summed E-state index contributed by atoms with van der Waals surface area (Å²) in [6.07, 6.45) is 2.78. The summed E-state index contributed by atoms with van der Waals surface area (Å²) in [5.74, 6) is -0.482. The van der Waals surface area contributed by atoms with E-state index in [9.17, 15) is 9.59 Å². The number of carbonyl (C=O) groups excluding carboxylic acids is 2. The molecule has 136 valence electrons. The number of hydrogen-bond acceptors (Lipinski definition) is 2. The zero-order valence-corrected chi connectivity index (χ0v) is 15.8. The third-order valence-corrected chi connectivity index (χ3v) is 5.21. The Hall–Kier alpha value is -2.33. The molecule has 0 spiro atoms. The van der Waals surface area contributed by atoms with Gasteiger partial charge in [-0.25, -0.2) is 0 Å². The van der Waals surface area contributed by atoms with Gasteiger partial charge in [0.1, 0.15) is 5.41 Å². The third-order valence-electron chi connectivity index (χ3n) is 4.96. The summed E-state index contributed by atoms with van der Waals surface area (Å²) in [5.41, 5.74) is 2.69. The molecule has 0 saturated heterocycles. The monoisotopic (exact) mass is 370 g/mol. The van der Waals surface area contributed by atoms with Gasteiger partial charge in [-0.15, -0.1) is 0 Å². The number of nitrogens with one attached hydrogen (secondary N) is 2. The highest BCUT2D eigenvalue weighted by atomic mass is 35.5. The molecule has 0 aromatic heterocycles. The van der Waals surface area contributed by atoms with Gasteiger partial charge in [-0.2, -0.15) is 0 Å². The van der Waals surface area contributed by atoms with Crippen molar-refractivity contribution in [2.24, 2.45) is 5.41 Å². The molecule has 0 radical (unpaired) electrons. The summed E-state index contributed by atoms with van der Waals surface area (Å²) in [5, 5.41) is 6.48. The van der Waals surface area contributed by atoms with E-state index in [2.05, 4.69) is 24.5 Å². The van der Waals surface area contributed by atoms with E-state index in [4.69, 9.17) is 11.6 Å². The van der Waals surface area contributed by atoms with Crippen LogP contribution < -0.4 is 10.6 Å². The quantitative estimate of drug-likeness (QED) is 0.716. The molecule has 2 amide bonds. The highest BCUT2D eigenvalue weighted by Crippen LogP contribution is 2.48. The number of hydrogen-bond donors (Lipinski definition) is 2. The molecule has 26 heavy (non-hydrogen) atoms. The molecule has 2 aromatic rings. The first-order chi connectivity index (χ1) is 12.5. The van der Waals surface area contributed by atoms with Crippen LogP contribution in [0.4, 0.5) is 11.4 Å². The Labute approximate surface area is 158 Å². The van der Waals surface area contributed by atoms with Crippen LogP contribution in [0.3, 0.4) is 0 Å². The molecule has 1 saturated carbocycles. The van der Waals surface area contributed by atoms with Crippen molar-refractivity contribution < 1.29 is 9.59 Å². The lowest BCUT2D eigenvalue weighted by Gasteiger charge is -2.19. The van der Waals surface area contributed by atoms with E-state index in [1.807, 2.05) is 18.2 Å². The molecular formula is C21H23ClN2O2. The number of amides is 2. The Bertz CT molecular complexity index is 804. The molecular weight excluding hydrogens is 348 g/mol. The maximum atomic E-state index is 12.9. The Balaban J connectivity index is 1.77. The van der Waals surface area contributed by atoms with E-state index in [1.165, 1.54) is 0 Å². The highest BCUT2D eigenvalue weighted by Gasteiger charge is 2.56. The lowest BCUT2D eigenvalue weighted by Crippen LogP contribution is -2.36. The van der Waals surface area contributed by atoms with Gasteiger partial charge in [-0.1, -0.05) is 43.6 Å². The van der Waals surface area contributed by atoms with E-state index in [-0.39, 0.29) is 11.8 Å². The number of benzene rings is 2. The minimum absolute atomic E-state index is 0.223. The third kappa shape index (κ3) is 3.61. The van der Waals surface area contributed by atoms with Crippen LogP contribution in [0.25, 0.3) is 0 Å². The zero-order chi connectivity index (χ0) is 18.7. The van der Waals surface area contributed by atoms with E-state index in [0.717, 1.165) is 29.7 Å². The Morgan fingerprint density at radius 2 is 1.46 bits per heavy atom. The van der Waals surface area contributed by atoms with Crippen molar-refractivity contribution >= 4 is 34.8 Å².